The van der Waals surface area contributed by atoms with E-state index in [0.717, 1.165) is 32.0 Å². The smallest absolute Gasteiger partial charge is 0.250 e. The Kier molecular flexibility index (Phi) is 3.90. The maximum absolute atomic E-state index is 13.8. The number of hydrogen-bond donors (Lipinski definition) is 3. The number of carbonyl (C=O) groups excluding carboxylic acids is 1. The number of likely N-dealkylation sites (tertiary alicyclic amines) is 1. The number of piperidine rings is 1. The summed E-state index contributed by atoms with van der Waals surface area (Å²) >= 11 is 0. The molecule has 1 aromatic carbocycles. The fourth-order valence-corrected chi connectivity index (χ4v) is 2.29. The Morgan fingerprint density at radius 1 is 1.42 bits per heavy atom. The number of nitrogens with zero attached hydrogens (tertiary/aromatic N) is 1. The van der Waals surface area contributed by atoms with E-state index >= 15 is 0 Å². The molecule has 19 heavy (non-hydrogen) atoms. The van der Waals surface area contributed by atoms with Crippen LogP contribution in [0.15, 0.2) is 12.1 Å². The minimum atomic E-state index is -0.649. The summed E-state index contributed by atoms with van der Waals surface area (Å²) in [5, 5.41) is 3.13. The quantitative estimate of drug-likeness (QED) is 0.713. The van der Waals surface area contributed by atoms with Gasteiger partial charge in [0, 0.05) is 11.7 Å². The average Bonchev–Trinajstić information content (AvgIpc) is 2.34. The highest BCUT2D eigenvalue weighted by molar-refractivity contribution is 5.99. The van der Waals surface area contributed by atoms with E-state index < -0.39 is 11.7 Å². The second-order valence-electron chi connectivity index (χ2n) is 5.01. The first-order valence-electron chi connectivity index (χ1n) is 6.31. The lowest BCUT2D eigenvalue weighted by molar-refractivity contribution is 0.100. The number of benzene rings is 1. The molecule has 0 aromatic heterocycles. The molecule has 1 heterocycles. The van der Waals surface area contributed by atoms with Crippen molar-refractivity contribution >= 4 is 17.3 Å². The van der Waals surface area contributed by atoms with Crippen LogP contribution in [0.3, 0.4) is 0 Å². The molecule has 0 bridgehead atoms. The van der Waals surface area contributed by atoms with Crippen LogP contribution in [0.2, 0.25) is 0 Å². The minimum absolute atomic E-state index is 0.0685. The molecule has 0 saturated carbocycles. The molecular weight excluding hydrogens is 247 g/mol. The van der Waals surface area contributed by atoms with Crippen LogP contribution in [-0.4, -0.2) is 37.0 Å². The van der Waals surface area contributed by atoms with Crippen molar-refractivity contribution in [2.24, 2.45) is 5.73 Å². The summed E-state index contributed by atoms with van der Waals surface area (Å²) in [5.41, 5.74) is 11.3. The number of nitrogens with two attached hydrogens (primary N) is 2. The van der Waals surface area contributed by atoms with Crippen molar-refractivity contribution in [3.8, 4) is 0 Å². The first kappa shape index (κ1) is 13.6. The van der Waals surface area contributed by atoms with Crippen molar-refractivity contribution in [1.82, 2.24) is 4.90 Å². The monoisotopic (exact) mass is 266 g/mol. The van der Waals surface area contributed by atoms with Crippen LogP contribution in [0.5, 0.6) is 0 Å². The number of halogens is 1. The molecule has 1 aliphatic heterocycles. The average molecular weight is 266 g/mol. The van der Waals surface area contributed by atoms with Crippen LogP contribution < -0.4 is 16.8 Å². The number of anilines is 2. The first-order chi connectivity index (χ1) is 8.97. The Labute approximate surface area is 111 Å². The van der Waals surface area contributed by atoms with Gasteiger partial charge in [-0.15, -0.1) is 0 Å². The van der Waals surface area contributed by atoms with Crippen molar-refractivity contribution in [3.05, 3.63) is 23.5 Å². The molecule has 1 amide bonds. The van der Waals surface area contributed by atoms with Crippen molar-refractivity contribution in [1.29, 1.82) is 0 Å². The molecule has 1 aromatic rings. The van der Waals surface area contributed by atoms with E-state index in [1.165, 1.54) is 6.07 Å². The van der Waals surface area contributed by atoms with E-state index in [1.807, 2.05) is 0 Å². The van der Waals surface area contributed by atoms with E-state index in [1.54, 1.807) is 0 Å². The predicted octanol–water partition coefficient (Wildman–Crippen LogP) is 1.01. The highest BCUT2D eigenvalue weighted by atomic mass is 19.1. The van der Waals surface area contributed by atoms with Gasteiger partial charge >= 0.3 is 0 Å². The number of nitrogen functional groups attached to an aromatic ring is 1. The molecule has 1 fully saturated rings. The van der Waals surface area contributed by atoms with Crippen molar-refractivity contribution in [3.63, 3.8) is 0 Å². The molecule has 6 heteroatoms. The summed E-state index contributed by atoms with van der Waals surface area (Å²) in [4.78, 5) is 13.4. The SMILES string of the molecule is CN1CCC(Nc2cc(C(N)=O)c(N)cc2F)CC1. The first-order valence-corrected chi connectivity index (χ1v) is 6.31. The molecule has 2 rings (SSSR count). The Bertz CT molecular complexity index is 484. The van der Waals surface area contributed by atoms with Crippen molar-refractivity contribution in [2.75, 3.05) is 31.2 Å². The fraction of sp³-hybridized carbons (Fsp3) is 0.462. The van der Waals surface area contributed by atoms with Gasteiger partial charge in [-0.1, -0.05) is 0 Å². The van der Waals surface area contributed by atoms with Gasteiger partial charge in [-0.2, -0.15) is 0 Å². The van der Waals surface area contributed by atoms with Gasteiger partial charge in [-0.25, -0.2) is 4.39 Å². The van der Waals surface area contributed by atoms with E-state index in [9.17, 15) is 9.18 Å². The third kappa shape index (κ3) is 3.14. The molecule has 0 unspecified atom stereocenters. The van der Waals surface area contributed by atoms with Crippen molar-refractivity contribution in [2.45, 2.75) is 18.9 Å². The summed E-state index contributed by atoms with van der Waals surface area (Å²) in [6, 6.07) is 2.73. The number of hydrogen-bond acceptors (Lipinski definition) is 4. The van der Waals surface area contributed by atoms with E-state index in [0.29, 0.717) is 0 Å². The lowest BCUT2D eigenvalue weighted by Gasteiger charge is -2.30. The van der Waals surface area contributed by atoms with Crippen LogP contribution in [0.1, 0.15) is 23.2 Å². The maximum Gasteiger partial charge on any atom is 0.250 e. The molecule has 5 N–H and O–H groups in total. The number of primary amides is 1. The Balaban J connectivity index is 2.15. The van der Waals surface area contributed by atoms with E-state index in [-0.39, 0.29) is 23.0 Å². The number of nitrogens with one attached hydrogen (secondary N) is 1. The zero-order valence-electron chi connectivity index (χ0n) is 10.9. The summed E-state index contributed by atoms with van der Waals surface area (Å²) in [7, 11) is 2.06. The highest BCUT2D eigenvalue weighted by Gasteiger charge is 2.19. The topological polar surface area (TPSA) is 84.4 Å². The van der Waals surface area contributed by atoms with Crippen LogP contribution in [0.25, 0.3) is 0 Å². The van der Waals surface area contributed by atoms with Gasteiger partial charge in [0.25, 0.3) is 5.91 Å². The summed E-state index contributed by atoms with van der Waals surface area (Å²) in [6.45, 7) is 1.94. The third-order valence-corrected chi connectivity index (χ3v) is 3.48. The molecule has 5 nitrogen and oxygen atoms in total. The Hall–Kier alpha value is -1.82. The van der Waals surface area contributed by atoms with Gasteiger partial charge in [0.05, 0.1) is 11.3 Å². The fourth-order valence-electron chi connectivity index (χ4n) is 2.29. The second-order valence-corrected chi connectivity index (χ2v) is 5.01. The maximum atomic E-state index is 13.8. The van der Waals surface area contributed by atoms with Gasteiger partial charge in [0.1, 0.15) is 5.82 Å². The highest BCUT2D eigenvalue weighted by Crippen LogP contribution is 2.24. The van der Waals surface area contributed by atoms with Gasteiger partial charge in [-0.3, -0.25) is 4.79 Å². The van der Waals surface area contributed by atoms with Crippen molar-refractivity contribution < 1.29 is 9.18 Å². The zero-order chi connectivity index (χ0) is 14.0. The lowest BCUT2D eigenvalue weighted by atomic mass is 10.0. The van der Waals surface area contributed by atoms with Crippen LogP contribution in [0, 0.1) is 5.82 Å². The third-order valence-electron chi connectivity index (χ3n) is 3.48. The van der Waals surface area contributed by atoms with Gasteiger partial charge in [0.2, 0.25) is 0 Å². The standard InChI is InChI=1S/C13H19FN4O/c1-18-4-2-8(3-5-18)17-12-6-9(13(16)19)11(15)7-10(12)14/h6-8,17H,2-5,15H2,1H3,(H2,16,19). The van der Waals surface area contributed by atoms with Gasteiger partial charge in [0.15, 0.2) is 0 Å². The molecule has 0 atom stereocenters. The number of carbonyl (C=O) groups is 1. The summed E-state index contributed by atoms with van der Waals surface area (Å²) in [6.07, 6.45) is 1.87. The molecule has 1 saturated heterocycles. The van der Waals surface area contributed by atoms with Crippen LogP contribution >= 0.6 is 0 Å². The minimum Gasteiger partial charge on any atom is -0.398 e. The number of rotatable bonds is 3. The van der Waals surface area contributed by atoms with Crippen LogP contribution in [-0.2, 0) is 0 Å². The number of amides is 1. The normalized spacial score (nSPS) is 17.4. The van der Waals surface area contributed by atoms with E-state index in [4.69, 9.17) is 11.5 Å². The molecule has 0 radical (unpaired) electrons. The van der Waals surface area contributed by atoms with Gasteiger partial charge < -0.3 is 21.7 Å². The largest absolute Gasteiger partial charge is 0.398 e. The second kappa shape index (κ2) is 5.44. The molecule has 104 valence electrons. The lowest BCUT2D eigenvalue weighted by Crippen LogP contribution is -2.37. The summed E-state index contributed by atoms with van der Waals surface area (Å²) in [5.74, 6) is -1.11. The summed E-state index contributed by atoms with van der Waals surface area (Å²) < 4.78 is 13.8. The van der Waals surface area contributed by atoms with Crippen LogP contribution in [0.4, 0.5) is 15.8 Å². The predicted molar refractivity (Wildman–Crippen MR) is 73.5 cm³/mol. The molecule has 0 aliphatic carbocycles. The Morgan fingerprint density at radius 2 is 2.05 bits per heavy atom. The molecule has 0 spiro atoms. The molecule has 1 aliphatic rings. The van der Waals surface area contributed by atoms with Gasteiger partial charge in [-0.05, 0) is 45.1 Å². The van der Waals surface area contributed by atoms with E-state index in [2.05, 4.69) is 17.3 Å². The molecular formula is C13H19FN4O. The Morgan fingerprint density at radius 3 is 2.63 bits per heavy atom. The zero-order valence-corrected chi connectivity index (χ0v) is 10.9.